The van der Waals surface area contributed by atoms with Gasteiger partial charge < -0.3 is 9.88 Å². The van der Waals surface area contributed by atoms with Gasteiger partial charge in [0.25, 0.3) is 0 Å². The Balaban J connectivity index is 2.01. The molecule has 0 saturated heterocycles. The molecule has 0 aliphatic rings. The van der Waals surface area contributed by atoms with Crippen molar-refractivity contribution in [2.75, 3.05) is 0 Å². The summed E-state index contributed by atoms with van der Waals surface area (Å²) in [6, 6.07) is 8.59. The molecule has 0 unspecified atom stereocenters. The highest BCUT2D eigenvalue weighted by molar-refractivity contribution is 9.10. The van der Waals surface area contributed by atoms with Gasteiger partial charge in [-0.3, -0.25) is 0 Å². The number of hydrogen-bond acceptors (Lipinski definition) is 2. The molecule has 0 aliphatic heterocycles. The Morgan fingerprint density at radius 1 is 1.39 bits per heavy atom. The summed E-state index contributed by atoms with van der Waals surface area (Å²) in [5, 5.41) is 3.50. The van der Waals surface area contributed by atoms with Crippen LogP contribution in [-0.4, -0.2) is 9.55 Å². The van der Waals surface area contributed by atoms with E-state index in [1.807, 2.05) is 18.5 Å². The van der Waals surface area contributed by atoms with Crippen molar-refractivity contribution in [2.45, 2.75) is 33.0 Å². The first-order chi connectivity index (χ1) is 8.72. The zero-order valence-electron chi connectivity index (χ0n) is 10.7. The van der Waals surface area contributed by atoms with Crippen LogP contribution in [0.15, 0.2) is 41.1 Å². The van der Waals surface area contributed by atoms with E-state index < -0.39 is 0 Å². The molecule has 18 heavy (non-hydrogen) atoms. The maximum atomic E-state index is 4.36. The van der Waals surface area contributed by atoms with E-state index in [4.69, 9.17) is 0 Å². The largest absolute Gasteiger partial charge is 0.334 e. The molecule has 2 aromatic rings. The third kappa shape index (κ3) is 3.00. The molecule has 0 radical (unpaired) electrons. The van der Waals surface area contributed by atoms with E-state index in [0.717, 1.165) is 23.4 Å². The van der Waals surface area contributed by atoms with Crippen LogP contribution >= 0.6 is 15.9 Å². The Labute approximate surface area is 116 Å². The maximum Gasteiger partial charge on any atom is 0.122 e. The predicted molar refractivity (Wildman–Crippen MR) is 77.3 cm³/mol. The fraction of sp³-hybridized carbons (Fsp3) is 0.357. The number of nitrogens with zero attached hydrogens (tertiary/aromatic N) is 2. The number of halogens is 1. The average Bonchev–Trinajstić information content (AvgIpc) is 2.84. The van der Waals surface area contributed by atoms with Crippen LogP contribution in [-0.2, 0) is 13.1 Å². The fourth-order valence-electron chi connectivity index (χ4n) is 1.98. The number of aromatic nitrogens is 2. The third-order valence-corrected chi connectivity index (χ3v) is 3.80. The summed E-state index contributed by atoms with van der Waals surface area (Å²) in [6.07, 6.45) is 3.86. The Kier molecular flexibility index (Phi) is 4.55. The number of imidazole rings is 1. The smallest absolute Gasteiger partial charge is 0.122 e. The van der Waals surface area contributed by atoms with Gasteiger partial charge in [-0.25, -0.2) is 4.98 Å². The second kappa shape index (κ2) is 6.16. The van der Waals surface area contributed by atoms with Gasteiger partial charge in [0, 0.05) is 29.5 Å². The second-order valence-electron chi connectivity index (χ2n) is 4.25. The van der Waals surface area contributed by atoms with Gasteiger partial charge in [-0.2, -0.15) is 0 Å². The van der Waals surface area contributed by atoms with Gasteiger partial charge in [-0.15, -0.1) is 0 Å². The lowest BCUT2D eigenvalue weighted by Crippen LogP contribution is -2.20. The first-order valence-corrected chi connectivity index (χ1v) is 6.99. The summed E-state index contributed by atoms with van der Waals surface area (Å²) >= 11 is 3.58. The van der Waals surface area contributed by atoms with Crippen molar-refractivity contribution < 1.29 is 0 Å². The topological polar surface area (TPSA) is 29.9 Å². The standard InChI is InChI=1S/C14H18BrN3/c1-3-18-9-8-16-14(18)10-17-11(2)12-6-4-5-7-13(12)15/h4-9,11,17H,3,10H2,1-2H3/t11-/m1/s1. The van der Waals surface area contributed by atoms with Crippen LogP contribution in [0.2, 0.25) is 0 Å². The van der Waals surface area contributed by atoms with E-state index >= 15 is 0 Å². The summed E-state index contributed by atoms with van der Waals surface area (Å²) in [5.74, 6) is 1.08. The van der Waals surface area contributed by atoms with Crippen LogP contribution in [0.4, 0.5) is 0 Å². The first kappa shape index (κ1) is 13.3. The van der Waals surface area contributed by atoms with E-state index in [1.165, 1.54) is 5.56 Å². The fourth-order valence-corrected chi connectivity index (χ4v) is 2.60. The van der Waals surface area contributed by atoms with E-state index in [1.54, 1.807) is 0 Å². The molecule has 2 rings (SSSR count). The number of benzene rings is 1. The van der Waals surface area contributed by atoms with Gasteiger partial charge >= 0.3 is 0 Å². The molecular weight excluding hydrogens is 290 g/mol. The summed E-state index contributed by atoms with van der Waals surface area (Å²) in [5.41, 5.74) is 1.27. The van der Waals surface area contributed by atoms with Crippen molar-refractivity contribution >= 4 is 15.9 Å². The molecule has 1 atom stereocenters. The van der Waals surface area contributed by atoms with Crippen molar-refractivity contribution in [3.63, 3.8) is 0 Å². The monoisotopic (exact) mass is 307 g/mol. The SMILES string of the molecule is CCn1ccnc1CN[C@H](C)c1ccccc1Br. The molecule has 1 heterocycles. The molecule has 1 N–H and O–H groups in total. The summed E-state index contributed by atoms with van der Waals surface area (Å²) in [4.78, 5) is 4.36. The van der Waals surface area contributed by atoms with Gasteiger partial charge in [0.1, 0.15) is 5.82 Å². The van der Waals surface area contributed by atoms with E-state index in [-0.39, 0.29) is 0 Å². The van der Waals surface area contributed by atoms with Gasteiger partial charge in [0.2, 0.25) is 0 Å². The zero-order valence-corrected chi connectivity index (χ0v) is 12.3. The molecule has 0 spiro atoms. The van der Waals surface area contributed by atoms with Crippen molar-refractivity contribution in [3.05, 3.63) is 52.5 Å². The molecule has 4 heteroatoms. The van der Waals surface area contributed by atoms with Crippen LogP contribution in [0.1, 0.15) is 31.3 Å². The van der Waals surface area contributed by atoms with Crippen LogP contribution in [0.25, 0.3) is 0 Å². The Bertz CT molecular complexity index is 507. The third-order valence-electron chi connectivity index (χ3n) is 3.08. The molecule has 96 valence electrons. The molecule has 0 aliphatic carbocycles. The highest BCUT2D eigenvalue weighted by Crippen LogP contribution is 2.22. The zero-order chi connectivity index (χ0) is 13.0. The summed E-state index contributed by atoms with van der Waals surface area (Å²) in [7, 11) is 0. The van der Waals surface area contributed by atoms with Crippen molar-refractivity contribution in [1.82, 2.24) is 14.9 Å². The number of hydrogen-bond donors (Lipinski definition) is 1. The molecule has 3 nitrogen and oxygen atoms in total. The summed E-state index contributed by atoms with van der Waals surface area (Å²) in [6.45, 7) is 6.03. The molecule has 0 fully saturated rings. The van der Waals surface area contributed by atoms with Crippen LogP contribution in [0, 0.1) is 0 Å². The molecule has 0 bridgehead atoms. The summed E-state index contributed by atoms with van der Waals surface area (Å²) < 4.78 is 3.29. The predicted octanol–water partition coefficient (Wildman–Crippen LogP) is 3.52. The Morgan fingerprint density at radius 3 is 2.89 bits per heavy atom. The van der Waals surface area contributed by atoms with Crippen molar-refractivity contribution in [1.29, 1.82) is 0 Å². The minimum Gasteiger partial charge on any atom is -0.334 e. The maximum absolute atomic E-state index is 4.36. The van der Waals surface area contributed by atoms with E-state index in [0.29, 0.717) is 6.04 Å². The lowest BCUT2D eigenvalue weighted by Gasteiger charge is -2.16. The average molecular weight is 308 g/mol. The Morgan fingerprint density at radius 2 is 2.17 bits per heavy atom. The molecule has 1 aromatic carbocycles. The second-order valence-corrected chi connectivity index (χ2v) is 5.11. The van der Waals surface area contributed by atoms with Gasteiger partial charge in [-0.05, 0) is 25.5 Å². The lowest BCUT2D eigenvalue weighted by atomic mass is 10.1. The van der Waals surface area contributed by atoms with Crippen LogP contribution < -0.4 is 5.32 Å². The molecule has 0 saturated carbocycles. The number of rotatable bonds is 5. The lowest BCUT2D eigenvalue weighted by molar-refractivity contribution is 0.539. The van der Waals surface area contributed by atoms with Gasteiger partial charge in [-0.1, -0.05) is 34.1 Å². The Hall–Kier alpha value is -1.13. The van der Waals surface area contributed by atoms with Gasteiger partial charge in [0.15, 0.2) is 0 Å². The van der Waals surface area contributed by atoms with Crippen molar-refractivity contribution in [3.8, 4) is 0 Å². The minimum atomic E-state index is 0.294. The van der Waals surface area contributed by atoms with Gasteiger partial charge in [0.05, 0.1) is 6.54 Å². The quantitative estimate of drug-likeness (QED) is 0.916. The van der Waals surface area contributed by atoms with E-state index in [2.05, 4.69) is 62.8 Å². The normalized spacial score (nSPS) is 12.6. The van der Waals surface area contributed by atoms with Crippen LogP contribution in [0.3, 0.4) is 0 Å². The minimum absolute atomic E-state index is 0.294. The first-order valence-electron chi connectivity index (χ1n) is 6.20. The number of aryl methyl sites for hydroxylation is 1. The molecule has 0 amide bonds. The molecule has 1 aromatic heterocycles. The number of nitrogens with one attached hydrogen (secondary N) is 1. The highest BCUT2D eigenvalue weighted by Gasteiger charge is 2.09. The van der Waals surface area contributed by atoms with Crippen LogP contribution in [0.5, 0.6) is 0 Å². The highest BCUT2D eigenvalue weighted by atomic mass is 79.9. The van der Waals surface area contributed by atoms with Crippen molar-refractivity contribution in [2.24, 2.45) is 0 Å². The molecular formula is C14H18BrN3. The van der Waals surface area contributed by atoms with E-state index in [9.17, 15) is 0 Å².